The fraction of sp³-hybridized carbons (Fsp3) is 0.630. The summed E-state index contributed by atoms with van der Waals surface area (Å²) in [5.41, 5.74) is 0.920. The van der Waals surface area contributed by atoms with E-state index in [2.05, 4.69) is 5.32 Å². The first-order chi connectivity index (χ1) is 16.9. The van der Waals surface area contributed by atoms with E-state index >= 15 is 0 Å². The summed E-state index contributed by atoms with van der Waals surface area (Å²) in [6.07, 6.45) is 10.8. The van der Waals surface area contributed by atoms with E-state index in [9.17, 15) is 9.59 Å². The number of nitrogens with one attached hydrogen (secondary N) is 1. The summed E-state index contributed by atoms with van der Waals surface area (Å²) in [6.45, 7) is 1.56. The molecule has 0 aromatic carbocycles. The van der Waals surface area contributed by atoms with Gasteiger partial charge in [0.05, 0.1) is 26.0 Å². The monoisotopic (exact) mass is 482 g/mol. The second-order valence-corrected chi connectivity index (χ2v) is 11.0. The molecule has 3 amide bonds. The Morgan fingerprint density at radius 2 is 1.80 bits per heavy atom. The van der Waals surface area contributed by atoms with Crippen LogP contribution in [-0.2, 0) is 29.7 Å². The molecule has 0 spiro atoms. The molecule has 2 aromatic heterocycles. The van der Waals surface area contributed by atoms with Crippen LogP contribution in [0.2, 0.25) is 0 Å². The van der Waals surface area contributed by atoms with Crippen LogP contribution in [0.5, 0.6) is 0 Å². The molecule has 0 atom stereocenters. The third-order valence-electron chi connectivity index (χ3n) is 8.27. The highest BCUT2D eigenvalue weighted by Crippen LogP contribution is 2.55. The van der Waals surface area contributed by atoms with Crippen LogP contribution in [0, 0.1) is 17.8 Å². The van der Waals surface area contributed by atoms with E-state index in [-0.39, 0.29) is 24.0 Å². The number of nitrogens with zero attached hydrogens (tertiary/aromatic N) is 3. The standard InChI is InChI=1S/C27H38N4O4/c1-29-7-3-5-23(29)17-31(18-24-6-4-9-35-24)25(32)19-30(8-10-34-2)26(33)28-27-14-20-11-21(15-27)13-22(12-20)16-27/h3-7,9,20-22H,8,10-19H2,1-2H3,(H,28,33). The second-order valence-electron chi connectivity index (χ2n) is 11.0. The lowest BCUT2D eigenvalue weighted by Gasteiger charge is -2.57. The lowest BCUT2D eigenvalue weighted by Crippen LogP contribution is -2.62. The summed E-state index contributed by atoms with van der Waals surface area (Å²) < 4.78 is 12.8. The minimum Gasteiger partial charge on any atom is -0.467 e. The van der Waals surface area contributed by atoms with Gasteiger partial charge in [0, 0.05) is 38.1 Å². The van der Waals surface area contributed by atoms with Crippen LogP contribution in [-0.4, -0.2) is 58.7 Å². The number of furan rings is 1. The van der Waals surface area contributed by atoms with E-state index in [4.69, 9.17) is 9.15 Å². The number of ether oxygens (including phenoxy) is 1. The number of urea groups is 1. The van der Waals surface area contributed by atoms with Gasteiger partial charge in [-0.1, -0.05) is 0 Å². The minimum atomic E-state index is -0.144. The number of amides is 3. The van der Waals surface area contributed by atoms with Gasteiger partial charge in [-0.15, -0.1) is 0 Å². The van der Waals surface area contributed by atoms with Crippen LogP contribution >= 0.6 is 0 Å². The van der Waals surface area contributed by atoms with E-state index in [1.165, 1.54) is 19.3 Å². The van der Waals surface area contributed by atoms with Crippen LogP contribution in [0.3, 0.4) is 0 Å². The Morgan fingerprint density at radius 3 is 2.37 bits per heavy atom. The molecule has 190 valence electrons. The number of carbonyl (C=O) groups excluding carboxylic acids is 2. The molecule has 4 aliphatic rings. The van der Waals surface area contributed by atoms with Gasteiger partial charge in [-0.2, -0.15) is 0 Å². The van der Waals surface area contributed by atoms with E-state index in [0.717, 1.165) is 42.7 Å². The molecule has 2 heterocycles. The lowest BCUT2D eigenvalue weighted by molar-refractivity contribution is -0.133. The first kappa shape index (κ1) is 24.0. The largest absolute Gasteiger partial charge is 0.467 e. The Morgan fingerprint density at radius 1 is 1.09 bits per heavy atom. The summed E-state index contributed by atoms with van der Waals surface area (Å²) in [7, 11) is 3.59. The highest BCUT2D eigenvalue weighted by Gasteiger charge is 2.51. The third kappa shape index (κ3) is 5.42. The Labute approximate surface area is 207 Å². The summed E-state index contributed by atoms with van der Waals surface area (Å²) in [5.74, 6) is 2.83. The molecule has 2 aromatic rings. The van der Waals surface area contributed by atoms with Crippen molar-refractivity contribution in [3.8, 4) is 0 Å². The fourth-order valence-corrected chi connectivity index (χ4v) is 6.97. The zero-order chi connectivity index (χ0) is 24.4. The molecular formula is C27H38N4O4. The van der Waals surface area contributed by atoms with Crippen LogP contribution in [0.4, 0.5) is 4.79 Å². The van der Waals surface area contributed by atoms with E-state index < -0.39 is 0 Å². The molecule has 0 aliphatic heterocycles. The van der Waals surface area contributed by atoms with Crippen LogP contribution in [0.1, 0.15) is 50.0 Å². The van der Waals surface area contributed by atoms with Crippen molar-refractivity contribution in [1.82, 2.24) is 19.7 Å². The van der Waals surface area contributed by atoms with Gasteiger partial charge in [-0.25, -0.2) is 4.79 Å². The van der Waals surface area contributed by atoms with Crippen molar-refractivity contribution in [3.63, 3.8) is 0 Å². The molecule has 8 nitrogen and oxygen atoms in total. The lowest BCUT2D eigenvalue weighted by atomic mass is 9.53. The van der Waals surface area contributed by atoms with Gasteiger partial charge in [0.2, 0.25) is 5.91 Å². The smallest absolute Gasteiger partial charge is 0.318 e. The van der Waals surface area contributed by atoms with Crippen molar-refractivity contribution < 1.29 is 18.7 Å². The molecule has 4 saturated carbocycles. The molecule has 0 saturated heterocycles. The molecule has 4 bridgehead atoms. The minimum absolute atomic E-state index is 0.00664. The molecular weight excluding hydrogens is 444 g/mol. The first-order valence-corrected chi connectivity index (χ1v) is 12.9. The highest BCUT2D eigenvalue weighted by molar-refractivity contribution is 5.84. The zero-order valence-corrected chi connectivity index (χ0v) is 20.9. The number of rotatable bonds is 10. The van der Waals surface area contributed by atoms with E-state index in [0.29, 0.717) is 32.0 Å². The topological polar surface area (TPSA) is 80.0 Å². The van der Waals surface area contributed by atoms with Crippen molar-refractivity contribution in [2.45, 2.75) is 57.2 Å². The molecule has 8 heteroatoms. The molecule has 1 N–H and O–H groups in total. The van der Waals surface area contributed by atoms with Crippen molar-refractivity contribution in [2.24, 2.45) is 24.8 Å². The average Bonchev–Trinajstić information content (AvgIpc) is 3.46. The molecule has 0 unspecified atom stereocenters. The molecule has 4 aliphatic carbocycles. The predicted molar refractivity (Wildman–Crippen MR) is 131 cm³/mol. The normalized spacial score (nSPS) is 26.6. The van der Waals surface area contributed by atoms with Crippen molar-refractivity contribution in [3.05, 3.63) is 48.2 Å². The van der Waals surface area contributed by atoms with Crippen molar-refractivity contribution in [2.75, 3.05) is 26.8 Å². The average molecular weight is 483 g/mol. The third-order valence-corrected chi connectivity index (χ3v) is 8.27. The van der Waals surface area contributed by atoms with Crippen molar-refractivity contribution >= 4 is 11.9 Å². The van der Waals surface area contributed by atoms with Gasteiger partial charge in [0.25, 0.3) is 0 Å². The fourth-order valence-electron chi connectivity index (χ4n) is 6.97. The zero-order valence-electron chi connectivity index (χ0n) is 20.9. The van der Waals surface area contributed by atoms with Crippen LogP contribution in [0.15, 0.2) is 41.1 Å². The SMILES string of the molecule is COCCN(CC(=O)N(Cc1ccco1)Cc1cccn1C)C(=O)NC12CC3CC(CC(C3)C1)C2. The maximum atomic E-state index is 13.6. The molecule has 4 fully saturated rings. The maximum absolute atomic E-state index is 13.6. The van der Waals surface area contributed by atoms with E-state index in [1.54, 1.807) is 23.2 Å². The summed E-state index contributed by atoms with van der Waals surface area (Å²) in [4.78, 5) is 30.5. The number of hydrogen-bond acceptors (Lipinski definition) is 4. The van der Waals surface area contributed by atoms with Gasteiger partial charge in [-0.05, 0) is 80.5 Å². The summed E-state index contributed by atoms with van der Waals surface area (Å²) in [5, 5.41) is 3.42. The van der Waals surface area contributed by atoms with Crippen LogP contribution < -0.4 is 5.32 Å². The molecule has 0 radical (unpaired) electrons. The van der Waals surface area contributed by atoms with Gasteiger partial charge < -0.3 is 28.8 Å². The number of carbonyl (C=O) groups is 2. The summed E-state index contributed by atoms with van der Waals surface area (Å²) in [6, 6.07) is 7.52. The van der Waals surface area contributed by atoms with Crippen molar-refractivity contribution in [1.29, 1.82) is 0 Å². The Balaban J connectivity index is 1.29. The predicted octanol–water partition coefficient (Wildman–Crippen LogP) is 3.77. The van der Waals surface area contributed by atoms with E-state index in [1.807, 2.05) is 42.1 Å². The Kier molecular flexibility index (Phi) is 6.91. The number of aromatic nitrogens is 1. The first-order valence-electron chi connectivity index (χ1n) is 12.9. The van der Waals surface area contributed by atoms with Gasteiger partial charge in [0.1, 0.15) is 12.3 Å². The van der Waals surface area contributed by atoms with Gasteiger partial charge in [-0.3, -0.25) is 4.79 Å². The highest BCUT2D eigenvalue weighted by atomic mass is 16.5. The molecule has 6 rings (SSSR count). The molecule has 35 heavy (non-hydrogen) atoms. The Bertz CT molecular complexity index is 979. The Hall–Kier alpha value is -2.74. The number of hydrogen-bond donors (Lipinski definition) is 1. The number of aryl methyl sites for hydroxylation is 1. The van der Waals surface area contributed by atoms with Gasteiger partial charge in [0.15, 0.2) is 0 Å². The van der Waals surface area contributed by atoms with Crippen LogP contribution in [0.25, 0.3) is 0 Å². The van der Waals surface area contributed by atoms with Gasteiger partial charge >= 0.3 is 6.03 Å². The second kappa shape index (κ2) is 10.1. The summed E-state index contributed by atoms with van der Waals surface area (Å²) >= 11 is 0. The maximum Gasteiger partial charge on any atom is 0.318 e. The quantitative estimate of drug-likeness (QED) is 0.559. The number of methoxy groups -OCH3 is 1.